The lowest BCUT2D eigenvalue weighted by Gasteiger charge is -2.23. The van der Waals surface area contributed by atoms with Crippen LogP contribution in [0, 0.1) is 17.0 Å². The molecule has 1 N–H and O–H groups in total. The molecule has 0 bridgehead atoms. The molecule has 184 valence electrons. The average Bonchev–Trinajstić information content (AvgIpc) is 2.79. The highest BCUT2D eigenvalue weighted by Gasteiger charge is 2.25. The molecule has 0 spiro atoms. The van der Waals surface area contributed by atoms with Crippen molar-refractivity contribution in [1.82, 2.24) is 0 Å². The Morgan fingerprint density at radius 2 is 1.77 bits per heavy atom. The Bertz CT molecular complexity index is 1380. The molecule has 0 radical (unpaired) electrons. The molecule has 0 aromatic heterocycles. The Kier molecular flexibility index (Phi) is 7.82. The summed E-state index contributed by atoms with van der Waals surface area (Å²) in [4.78, 5) is 23.5. The molecule has 0 unspecified atom stereocenters. The molecule has 3 aromatic carbocycles. The summed E-state index contributed by atoms with van der Waals surface area (Å²) in [5.41, 5.74) is 0.352. The lowest BCUT2D eigenvalue weighted by molar-refractivity contribution is -0.384. The minimum absolute atomic E-state index is 0.0217. The Balaban J connectivity index is 1.91. The van der Waals surface area contributed by atoms with Crippen molar-refractivity contribution < 1.29 is 27.6 Å². The lowest BCUT2D eigenvalue weighted by Crippen LogP contribution is -2.38. The van der Waals surface area contributed by atoms with Crippen molar-refractivity contribution in [1.29, 1.82) is 0 Å². The van der Waals surface area contributed by atoms with Gasteiger partial charge in [-0.05, 0) is 42.8 Å². The molecule has 1 amide bonds. The van der Waals surface area contributed by atoms with Crippen molar-refractivity contribution in [2.45, 2.75) is 6.92 Å². The van der Waals surface area contributed by atoms with Gasteiger partial charge in [0.05, 0.1) is 29.7 Å². The zero-order chi connectivity index (χ0) is 25.8. The Morgan fingerprint density at radius 3 is 2.40 bits per heavy atom. The van der Waals surface area contributed by atoms with Crippen LogP contribution in [0.3, 0.4) is 0 Å². The Morgan fingerprint density at radius 1 is 1.09 bits per heavy atom. The van der Waals surface area contributed by atoms with Crippen molar-refractivity contribution in [2.75, 3.05) is 29.5 Å². The summed E-state index contributed by atoms with van der Waals surface area (Å²) in [6.45, 7) is 0.951. The number of nitro benzene ring substituents is 1. The zero-order valence-electron chi connectivity index (χ0n) is 19.0. The largest absolute Gasteiger partial charge is 0.493 e. The second kappa shape index (κ2) is 10.6. The fourth-order valence-electron chi connectivity index (χ4n) is 3.19. The molecule has 3 aromatic rings. The van der Waals surface area contributed by atoms with E-state index < -0.39 is 27.4 Å². The first-order valence-electron chi connectivity index (χ1n) is 10.1. The molecule has 0 aliphatic heterocycles. The number of anilines is 2. The van der Waals surface area contributed by atoms with E-state index in [1.54, 1.807) is 43.3 Å². The molecule has 0 saturated heterocycles. The first-order chi connectivity index (χ1) is 16.5. The highest BCUT2D eigenvalue weighted by Crippen LogP contribution is 2.36. The van der Waals surface area contributed by atoms with E-state index in [4.69, 9.17) is 21.1 Å². The molecule has 0 atom stereocenters. The standard InChI is InChI=1S/C23H22ClN3O7S/c1-15-8-10-17(27(29)30)13-19(15)26(35(3,31)32)14-23(28)25-18-12-16(24)9-11-20(18)34-22-7-5-4-6-21(22)33-2/h4-13H,14H2,1-3H3,(H,25,28). The number of carbonyl (C=O) groups excluding carboxylic acids is 1. The number of nitro groups is 1. The monoisotopic (exact) mass is 519 g/mol. The van der Waals surface area contributed by atoms with E-state index in [1.807, 2.05) is 0 Å². The first-order valence-corrected chi connectivity index (χ1v) is 12.3. The van der Waals surface area contributed by atoms with Crippen molar-refractivity contribution >= 4 is 44.6 Å². The molecule has 0 heterocycles. The van der Waals surface area contributed by atoms with Crippen LogP contribution in [0.1, 0.15) is 5.56 Å². The summed E-state index contributed by atoms with van der Waals surface area (Å²) in [5.74, 6) is 0.375. The summed E-state index contributed by atoms with van der Waals surface area (Å²) >= 11 is 6.10. The summed E-state index contributed by atoms with van der Waals surface area (Å²) in [6, 6.07) is 15.2. The molecule has 0 fully saturated rings. The highest BCUT2D eigenvalue weighted by atomic mass is 35.5. The number of methoxy groups -OCH3 is 1. The van der Waals surface area contributed by atoms with Crippen LogP contribution in [0.15, 0.2) is 60.7 Å². The van der Waals surface area contributed by atoms with Gasteiger partial charge in [0, 0.05) is 17.2 Å². The van der Waals surface area contributed by atoms with Crippen LogP contribution < -0.4 is 19.1 Å². The van der Waals surface area contributed by atoms with Gasteiger partial charge in [-0.15, -0.1) is 0 Å². The molecule has 0 aliphatic rings. The predicted octanol–water partition coefficient (Wildman–Crippen LogP) is 4.76. The fourth-order valence-corrected chi connectivity index (χ4v) is 4.27. The van der Waals surface area contributed by atoms with Crippen molar-refractivity contribution in [3.8, 4) is 17.2 Å². The van der Waals surface area contributed by atoms with Gasteiger partial charge in [0.15, 0.2) is 17.2 Å². The average molecular weight is 520 g/mol. The van der Waals surface area contributed by atoms with E-state index >= 15 is 0 Å². The minimum atomic E-state index is -3.97. The van der Waals surface area contributed by atoms with Crippen molar-refractivity contribution in [3.63, 3.8) is 0 Å². The van der Waals surface area contributed by atoms with E-state index in [9.17, 15) is 23.3 Å². The Labute approximate surface area is 207 Å². The second-order valence-corrected chi connectivity index (χ2v) is 9.78. The van der Waals surface area contributed by atoms with E-state index in [1.165, 1.54) is 25.3 Å². The molecular formula is C23H22ClN3O7S. The second-order valence-electron chi connectivity index (χ2n) is 7.44. The predicted molar refractivity (Wildman–Crippen MR) is 133 cm³/mol. The number of carbonyl (C=O) groups is 1. The maximum atomic E-state index is 12.9. The number of hydrogen-bond acceptors (Lipinski definition) is 7. The van der Waals surface area contributed by atoms with E-state index in [0.29, 0.717) is 22.1 Å². The number of halogens is 1. The number of aryl methyl sites for hydroxylation is 1. The van der Waals surface area contributed by atoms with Crippen LogP contribution >= 0.6 is 11.6 Å². The number of para-hydroxylation sites is 2. The third-order valence-corrected chi connectivity index (χ3v) is 6.23. The minimum Gasteiger partial charge on any atom is -0.493 e. The van der Waals surface area contributed by atoms with Crippen LogP contribution in [0.2, 0.25) is 5.02 Å². The lowest BCUT2D eigenvalue weighted by atomic mass is 10.2. The van der Waals surface area contributed by atoms with Gasteiger partial charge in [0.25, 0.3) is 5.69 Å². The molecule has 12 heteroatoms. The summed E-state index contributed by atoms with van der Waals surface area (Å²) in [7, 11) is -2.48. The fraction of sp³-hybridized carbons (Fsp3) is 0.174. The van der Waals surface area contributed by atoms with Gasteiger partial charge in [0.1, 0.15) is 6.54 Å². The summed E-state index contributed by atoms with van der Waals surface area (Å²) in [6.07, 6.45) is 0.911. The smallest absolute Gasteiger partial charge is 0.271 e. The number of ether oxygens (including phenoxy) is 2. The maximum Gasteiger partial charge on any atom is 0.271 e. The number of amides is 1. The normalized spacial score (nSPS) is 11.0. The number of non-ortho nitro benzene ring substituents is 1. The number of benzene rings is 3. The van der Waals surface area contributed by atoms with Gasteiger partial charge in [0.2, 0.25) is 15.9 Å². The number of nitrogens with zero attached hydrogens (tertiary/aromatic N) is 2. The summed E-state index contributed by atoms with van der Waals surface area (Å²) in [5, 5.41) is 14.1. The molecule has 3 rings (SSSR count). The molecular weight excluding hydrogens is 498 g/mol. The number of rotatable bonds is 9. The van der Waals surface area contributed by atoms with Crippen molar-refractivity contribution in [2.24, 2.45) is 0 Å². The molecule has 35 heavy (non-hydrogen) atoms. The van der Waals surface area contributed by atoms with Crippen LogP contribution in [0.25, 0.3) is 0 Å². The highest BCUT2D eigenvalue weighted by molar-refractivity contribution is 7.92. The van der Waals surface area contributed by atoms with Gasteiger partial charge in [-0.3, -0.25) is 19.2 Å². The molecule has 0 saturated carbocycles. The molecule has 10 nitrogen and oxygen atoms in total. The van der Waals surface area contributed by atoms with Gasteiger partial charge in [-0.1, -0.05) is 29.8 Å². The maximum absolute atomic E-state index is 12.9. The van der Waals surface area contributed by atoms with E-state index in [0.717, 1.165) is 16.6 Å². The van der Waals surface area contributed by atoms with Gasteiger partial charge in [-0.2, -0.15) is 0 Å². The topological polar surface area (TPSA) is 128 Å². The number of hydrogen-bond donors (Lipinski definition) is 1. The van der Waals surface area contributed by atoms with Crippen molar-refractivity contribution in [3.05, 3.63) is 81.4 Å². The first kappa shape index (κ1) is 25.8. The Hall–Kier alpha value is -3.83. The van der Waals surface area contributed by atoms with Crippen LogP contribution in [0.5, 0.6) is 17.2 Å². The van der Waals surface area contributed by atoms with Gasteiger partial charge >= 0.3 is 0 Å². The third kappa shape index (κ3) is 6.40. The third-order valence-electron chi connectivity index (χ3n) is 4.86. The quantitative estimate of drug-likeness (QED) is 0.318. The van der Waals surface area contributed by atoms with Crippen LogP contribution in [-0.2, 0) is 14.8 Å². The van der Waals surface area contributed by atoms with Crippen LogP contribution in [-0.4, -0.2) is 39.2 Å². The van der Waals surface area contributed by atoms with Gasteiger partial charge in [-0.25, -0.2) is 8.42 Å². The van der Waals surface area contributed by atoms with Gasteiger partial charge < -0.3 is 14.8 Å². The summed E-state index contributed by atoms with van der Waals surface area (Å²) < 4.78 is 37.0. The number of nitrogens with one attached hydrogen (secondary N) is 1. The van der Waals surface area contributed by atoms with Crippen LogP contribution in [0.4, 0.5) is 17.1 Å². The number of sulfonamides is 1. The van der Waals surface area contributed by atoms with E-state index in [-0.39, 0.29) is 22.8 Å². The van der Waals surface area contributed by atoms with E-state index in [2.05, 4.69) is 5.32 Å². The SMILES string of the molecule is COc1ccccc1Oc1ccc(Cl)cc1NC(=O)CN(c1cc([N+](=O)[O-])ccc1C)S(C)(=O)=O. The zero-order valence-corrected chi connectivity index (χ0v) is 20.6. The molecule has 0 aliphatic carbocycles.